The van der Waals surface area contributed by atoms with Crippen molar-refractivity contribution < 1.29 is 9.59 Å². The SMILES string of the molecule is CC1(C)CC(=O)N(Cc2cccc(CN)c2)C1=O. The van der Waals surface area contributed by atoms with Crippen LogP contribution < -0.4 is 5.73 Å². The molecule has 1 aliphatic rings. The van der Waals surface area contributed by atoms with E-state index in [0.29, 0.717) is 19.5 Å². The summed E-state index contributed by atoms with van der Waals surface area (Å²) < 4.78 is 0. The number of hydrogen-bond acceptors (Lipinski definition) is 3. The highest BCUT2D eigenvalue weighted by Crippen LogP contribution is 2.32. The lowest BCUT2D eigenvalue weighted by atomic mass is 9.92. The molecule has 2 rings (SSSR count). The summed E-state index contributed by atoms with van der Waals surface area (Å²) in [7, 11) is 0. The van der Waals surface area contributed by atoms with Gasteiger partial charge in [-0.1, -0.05) is 38.1 Å². The molecule has 1 fully saturated rings. The van der Waals surface area contributed by atoms with Gasteiger partial charge in [-0.15, -0.1) is 0 Å². The number of nitrogens with zero attached hydrogens (tertiary/aromatic N) is 1. The Morgan fingerprint density at radius 2 is 1.94 bits per heavy atom. The van der Waals surface area contributed by atoms with Gasteiger partial charge in [-0.05, 0) is 11.1 Å². The van der Waals surface area contributed by atoms with Crippen molar-refractivity contribution in [3.05, 3.63) is 35.4 Å². The molecule has 0 aromatic heterocycles. The molecule has 0 radical (unpaired) electrons. The van der Waals surface area contributed by atoms with Crippen molar-refractivity contribution in [3.8, 4) is 0 Å². The molecule has 1 aromatic carbocycles. The first kappa shape index (κ1) is 12.8. The summed E-state index contributed by atoms with van der Waals surface area (Å²) in [6.45, 7) is 4.42. The van der Waals surface area contributed by atoms with Crippen molar-refractivity contribution in [2.75, 3.05) is 0 Å². The van der Waals surface area contributed by atoms with Crippen LogP contribution in [0.1, 0.15) is 31.4 Å². The summed E-state index contributed by atoms with van der Waals surface area (Å²) in [5.74, 6) is -0.186. The zero-order chi connectivity index (χ0) is 13.3. The largest absolute Gasteiger partial charge is 0.326 e. The molecule has 2 N–H and O–H groups in total. The summed E-state index contributed by atoms with van der Waals surface area (Å²) in [4.78, 5) is 25.3. The molecule has 1 aromatic rings. The van der Waals surface area contributed by atoms with Crippen LogP contribution in [0.5, 0.6) is 0 Å². The molecule has 0 unspecified atom stereocenters. The standard InChI is InChI=1S/C14H18N2O2/c1-14(2)7-12(17)16(13(14)18)9-11-5-3-4-10(6-11)8-15/h3-6H,7-9,15H2,1-2H3. The van der Waals surface area contributed by atoms with Crippen molar-refractivity contribution in [1.29, 1.82) is 0 Å². The van der Waals surface area contributed by atoms with Gasteiger partial charge in [0.15, 0.2) is 0 Å². The third-order valence-corrected chi connectivity index (χ3v) is 3.29. The van der Waals surface area contributed by atoms with E-state index in [1.165, 1.54) is 4.90 Å². The molecule has 0 aliphatic carbocycles. The number of carbonyl (C=O) groups excluding carboxylic acids is 2. The van der Waals surface area contributed by atoms with Crippen LogP contribution in [0.2, 0.25) is 0 Å². The number of benzene rings is 1. The first-order valence-electron chi connectivity index (χ1n) is 6.07. The smallest absolute Gasteiger partial charge is 0.235 e. The maximum Gasteiger partial charge on any atom is 0.235 e. The quantitative estimate of drug-likeness (QED) is 0.821. The van der Waals surface area contributed by atoms with E-state index in [2.05, 4.69) is 0 Å². The highest BCUT2D eigenvalue weighted by Gasteiger charge is 2.44. The monoisotopic (exact) mass is 246 g/mol. The van der Waals surface area contributed by atoms with Gasteiger partial charge in [0.25, 0.3) is 0 Å². The molecule has 96 valence electrons. The molecule has 2 amide bonds. The van der Waals surface area contributed by atoms with Gasteiger partial charge in [0.05, 0.1) is 12.0 Å². The third kappa shape index (κ3) is 2.29. The highest BCUT2D eigenvalue weighted by molar-refractivity contribution is 6.05. The molecule has 0 saturated carbocycles. The molecule has 0 atom stereocenters. The topological polar surface area (TPSA) is 63.4 Å². The summed E-state index contributed by atoms with van der Waals surface area (Å²) in [6, 6.07) is 7.67. The van der Waals surface area contributed by atoms with Crippen LogP contribution in [-0.2, 0) is 22.7 Å². The van der Waals surface area contributed by atoms with Gasteiger partial charge in [0.1, 0.15) is 0 Å². The van der Waals surface area contributed by atoms with Gasteiger partial charge in [-0.2, -0.15) is 0 Å². The molecule has 18 heavy (non-hydrogen) atoms. The van der Waals surface area contributed by atoms with Crippen molar-refractivity contribution in [2.24, 2.45) is 11.1 Å². The normalized spacial score (nSPS) is 18.5. The van der Waals surface area contributed by atoms with Crippen molar-refractivity contribution >= 4 is 11.8 Å². The van der Waals surface area contributed by atoms with Crippen LogP contribution in [0.25, 0.3) is 0 Å². The van der Waals surface area contributed by atoms with Crippen LogP contribution in [-0.4, -0.2) is 16.7 Å². The minimum Gasteiger partial charge on any atom is -0.326 e. The fourth-order valence-corrected chi connectivity index (χ4v) is 2.23. The minimum atomic E-state index is -0.567. The van der Waals surface area contributed by atoms with E-state index in [1.807, 2.05) is 38.1 Å². The van der Waals surface area contributed by atoms with Gasteiger partial charge in [-0.3, -0.25) is 14.5 Å². The second-order valence-corrected chi connectivity index (χ2v) is 5.37. The lowest BCUT2D eigenvalue weighted by molar-refractivity contribution is -0.141. The number of rotatable bonds is 3. The average molecular weight is 246 g/mol. The number of likely N-dealkylation sites (tertiary alicyclic amines) is 1. The zero-order valence-electron chi connectivity index (χ0n) is 10.8. The molecule has 1 saturated heterocycles. The number of carbonyl (C=O) groups is 2. The molecular formula is C14H18N2O2. The zero-order valence-corrected chi connectivity index (χ0v) is 10.8. The Morgan fingerprint density at radius 1 is 1.28 bits per heavy atom. The number of hydrogen-bond donors (Lipinski definition) is 1. The molecular weight excluding hydrogens is 228 g/mol. The Labute approximate surface area is 107 Å². The van der Waals surface area contributed by atoms with Gasteiger partial charge in [0, 0.05) is 13.0 Å². The molecule has 4 heteroatoms. The van der Waals surface area contributed by atoms with E-state index in [4.69, 9.17) is 5.73 Å². The third-order valence-electron chi connectivity index (χ3n) is 3.29. The van der Waals surface area contributed by atoms with Crippen molar-refractivity contribution in [2.45, 2.75) is 33.4 Å². The fourth-order valence-electron chi connectivity index (χ4n) is 2.23. The maximum absolute atomic E-state index is 12.1. The summed E-state index contributed by atoms with van der Waals surface area (Å²) in [6.07, 6.45) is 0.294. The lowest BCUT2D eigenvalue weighted by Crippen LogP contribution is -2.32. The predicted octanol–water partition coefficient (Wildman–Crippen LogP) is 1.43. The lowest BCUT2D eigenvalue weighted by Gasteiger charge is -2.18. The van der Waals surface area contributed by atoms with E-state index in [0.717, 1.165) is 11.1 Å². The molecule has 0 spiro atoms. The van der Waals surface area contributed by atoms with Gasteiger partial charge in [-0.25, -0.2) is 0 Å². The van der Waals surface area contributed by atoms with E-state index < -0.39 is 5.41 Å². The summed E-state index contributed by atoms with van der Waals surface area (Å²) in [5.41, 5.74) is 6.96. The molecule has 1 heterocycles. The highest BCUT2D eigenvalue weighted by atomic mass is 16.2. The number of amides is 2. The minimum absolute atomic E-state index is 0.0920. The second-order valence-electron chi connectivity index (χ2n) is 5.37. The second kappa shape index (κ2) is 4.53. The first-order chi connectivity index (χ1) is 8.44. The Hall–Kier alpha value is -1.68. The van der Waals surface area contributed by atoms with Gasteiger partial charge >= 0.3 is 0 Å². The Bertz CT molecular complexity index is 494. The Balaban J connectivity index is 2.19. The van der Waals surface area contributed by atoms with Crippen LogP contribution in [0.4, 0.5) is 0 Å². The maximum atomic E-state index is 12.1. The summed E-state index contributed by atoms with van der Waals surface area (Å²) in [5, 5.41) is 0. The molecule has 4 nitrogen and oxygen atoms in total. The van der Waals surface area contributed by atoms with Crippen LogP contribution in [0, 0.1) is 5.41 Å². The fraction of sp³-hybridized carbons (Fsp3) is 0.429. The summed E-state index contributed by atoms with van der Waals surface area (Å²) >= 11 is 0. The number of imide groups is 1. The van der Waals surface area contributed by atoms with Crippen LogP contribution in [0.3, 0.4) is 0 Å². The van der Waals surface area contributed by atoms with Crippen LogP contribution >= 0.6 is 0 Å². The van der Waals surface area contributed by atoms with E-state index in [9.17, 15) is 9.59 Å². The molecule has 0 bridgehead atoms. The van der Waals surface area contributed by atoms with Gasteiger partial charge in [0.2, 0.25) is 11.8 Å². The predicted molar refractivity (Wildman–Crippen MR) is 68.3 cm³/mol. The average Bonchev–Trinajstić information content (AvgIpc) is 2.52. The van der Waals surface area contributed by atoms with E-state index in [1.54, 1.807) is 0 Å². The van der Waals surface area contributed by atoms with Crippen molar-refractivity contribution in [1.82, 2.24) is 4.90 Å². The van der Waals surface area contributed by atoms with Gasteiger partial charge < -0.3 is 5.73 Å². The Kier molecular flexibility index (Phi) is 3.22. The van der Waals surface area contributed by atoms with Crippen molar-refractivity contribution in [3.63, 3.8) is 0 Å². The van der Waals surface area contributed by atoms with E-state index >= 15 is 0 Å². The molecule has 1 aliphatic heterocycles. The Morgan fingerprint density at radius 3 is 2.50 bits per heavy atom. The number of nitrogens with two attached hydrogens (primary N) is 1. The first-order valence-corrected chi connectivity index (χ1v) is 6.07. The van der Waals surface area contributed by atoms with E-state index in [-0.39, 0.29) is 11.8 Å². The van der Waals surface area contributed by atoms with Crippen LogP contribution in [0.15, 0.2) is 24.3 Å².